The van der Waals surface area contributed by atoms with Gasteiger partial charge in [0.15, 0.2) is 0 Å². The van der Waals surface area contributed by atoms with Gasteiger partial charge in [-0.2, -0.15) is 0 Å². The van der Waals surface area contributed by atoms with Gasteiger partial charge in [0.05, 0.1) is 18.9 Å². The van der Waals surface area contributed by atoms with E-state index in [0.717, 1.165) is 0 Å². The van der Waals surface area contributed by atoms with Gasteiger partial charge in [-0.25, -0.2) is 4.79 Å². The lowest BCUT2D eigenvalue weighted by Gasteiger charge is -2.09. The highest BCUT2D eigenvalue weighted by molar-refractivity contribution is 5.85. The summed E-state index contributed by atoms with van der Waals surface area (Å²) in [6.07, 6.45) is -2.29. The first-order valence-corrected chi connectivity index (χ1v) is 3.62. The van der Waals surface area contributed by atoms with Gasteiger partial charge in [-0.05, 0) is 0 Å². The van der Waals surface area contributed by atoms with Crippen LogP contribution >= 0.6 is 0 Å². The summed E-state index contributed by atoms with van der Waals surface area (Å²) in [7, 11) is 1.27. The van der Waals surface area contributed by atoms with Gasteiger partial charge in [0, 0.05) is 7.11 Å². The third-order valence-electron chi connectivity index (χ3n) is 1.31. The van der Waals surface area contributed by atoms with Crippen molar-refractivity contribution in [2.75, 3.05) is 13.7 Å². The van der Waals surface area contributed by atoms with Crippen molar-refractivity contribution in [3.8, 4) is 0 Å². The Balaban J connectivity index is 4.24. The van der Waals surface area contributed by atoms with Gasteiger partial charge >= 0.3 is 18.1 Å². The molecular formula is C7H10O7. The molecule has 1 atom stereocenters. The number of ether oxygens (including phenoxy) is 2. The molecule has 14 heavy (non-hydrogen) atoms. The lowest BCUT2D eigenvalue weighted by Crippen LogP contribution is -2.26. The van der Waals surface area contributed by atoms with Gasteiger partial charge in [-0.15, -0.1) is 0 Å². The highest BCUT2D eigenvalue weighted by Gasteiger charge is 2.25. The third kappa shape index (κ3) is 5.09. The van der Waals surface area contributed by atoms with E-state index in [1.165, 1.54) is 7.11 Å². The second-order valence-corrected chi connectivity index (χ2v) is 2.44. The van der Waals surface area contributed by atoms with Crippen molar-refractivity contribution in [3.05, 3.63) is 0 Å². The average molecular weight is 206 g/mol. The van der Waals surface area contributed by atoms with Crippen LogP contribution in [-0.2, 0) is 19.1 Å². The minimum absolute atomic E-state index is 0.196. The fourth-order valence-corrected chi connectivity index (χ4v) is 0.792. The first-order chi connectivity index (χ1) is 6.47. The van der Waals surface area contributed by atoms with Crippen LogP contribution in [0.2, 0.25) is 0 Å². The number of carbonyl (C=O) groups excluding carboxylic acids is 1. The van der Waals surface area contributed by atoms with E-state index in [0.29, 0.717) is 0 Å². The van der Waals surface area contributed by atoms with Gasteiger partial charge in [0.1, 0.15) is 0 Å². The molecule has 0 rings (SSSR count). The van der Waals surface area contributed by atoms with Gasteiger partial charge in [-0.3, -0.25) is 9.59 Å². The molecule has 7 heteroatoms. The normalized spacial score (nSPS) is 11.8. The fraction of sp³-hybridized carbons (Fsp3) is 0.571. The zero-order valence-electron chi connectivity index (χ0n) is 7.43. The van der Waals surface area contributed by atoms with Crippen molar-refractivity contribution in [2.45, 2.75) is 6.42 Å². The molecule has 80 valence electrons. The Morgan fingerprint density at radius 2 is 1.86 bits per heavy atom. The van der Waals surface area contributed by atoms with E-state index in [9.17, 15) is 14.4 Å². The molecule has 0 bridgehead atoms. The molecule has 0 aliphatic rings. The molecule has 2 N–H and O–H groups in total. The number of rotatable bonds is 5. The molecule has 1 unspecified atom stereocenters. The quantitative estimate of drug-likeness (QED) is 0.479. The van der Waals surface area contributed by atoms with Crippen LogP contribution in [0, 0.1) is 5.92 Å². The van der Waals surface area contributed by atoms with E-state index >= 15 is 0 Å². The molecule has 0 aromatic rings. The smallest absolute Gasteiger partial charge is 0.481 e. The van der Waals surface area contributed by atoms with Crippen molar-refractivity contribution in [1.29, 1.82) is 0 Å². The summed E-state index contributed by atoms with van der Waals surface area (Å²) in [5.74, 6) is -3.45. The lowest BCUT2D eigenvalue weighted by molar-refractivity contribution is -0.151. The molecule has 0 aliphatic carbocycles. The van der Waals surface area contributed by atoms with Crippen LogP contribution in [0.15, 0.2) is 0 Å². The van der Waals surface area contributed by atoms with E-state index in [1.807, 2.05) is 0 Å². The van der Waals surface area contributed by atoms with E-state index in [-0.39, 0.29) is 6.61 Å². The molecular weight excluding hydrogens is 196 g/mol. The molecule has 0 saturated heterocycles. The summed E-state index contributed by atoms with van der Waals surface area (Å²) in [6.45, 7) is -0.196. The Labute approximate surface area is 79.2 Å². The largest absolute Gasteiger partial charge is 0.513 e. The van der Waals surface area contributed by atoms with Gasteiger partial charge in [0.25, 0.3) is 0 Å². The Hall–Kier alpha value is -1.63. The molecule has 0 aromatic carbocycles. The van der Waals surface area contributed by atoms with E-state index in [4.69, 9.17) is 10.2 Å². The zero-order valence-corrected chi connectivity index (χ0v) is 7.43. The Kier molecular flexibility index (Phi) is 5.23. The van der Waals surface area contributed by atoms with Crippen LogP contribution in [0.25, 0.3) is 0 Å². The number of carbonyl (C=O) groups is 3. The van der Waals surface area contributed by atoms with Crippen molar-refractivity contribution < 1.29 is 34.1 Å². The molecule has 0 radical (unpaired) electrons. The minimum Gasteiger partial charge on any atom is -0.481 e. The highest BCUT2D eigenvalue weighted by Crippen LogP contribution is 2.06. The Morgan fingerprint density at radius 1 is 1.29 bits per heavy atom. The number of hydrogen-bond acceptors (Lipinski definition) is 5. The number of methoxy groups -OCH3 is 1. The summed E-state index contributed by atoms with van der Waals surface area (Å²) < 4.78 is 8.35. The maximum absolute atomic E-state index is 10.9. The highest BCUT2D eigenvalue weighted by atomic mass is 16.7. The zero-order chi connectivity index (χ0) is 11.1. The maximum Gasteiger partial charge on any atom is 0.513 e. The van der Waals surface area contributed by atoms with Crippen molar-refractivity contribution in [1.82, 2.24) is 0 Å². The van der Waals surface area contributed by atoms with Crippen LogP contribution < -0.4 is 0 Å². The van der Waals surface area contributed by atoms with Crippen LogP contribution in [0.1, 0.15) is 6.42 Å². The van der Waals surface area contributed by atoms with E-state index in [1.54, 1.807) is 0 Å². The summed E-state index contributed by atoms with van der Waals surface area (Å²) in [5, 5.41) is 16.5. The molecule has 0 saturated carbocycles. The summed E-state index contributed by atoms with van der Waals surface area (Å²) in [4.78, 5) is 31.2. The lowest BCUT2D eigenvalue weighted by atomic mass is 10.1. The van der Waals surface area contributed by atoms with Crippen LogP contribution in [0.3, 0.4) is 0 Å². The third-order valence-corrected chi connectivity index (χ3v) is 1.31. The molecule has 0 amide bonds. The Bertz CT molecular complexity index is 234. The topological polar surface area (TPSA) is 110 Å². The van der Waals surface area contributed by atoms with Gasteiger partial charge in [0.2, 0.25) is 0 Å². The predicted octanol–water partition coefficient (Wildman–Crippen LogP) is -0.0551. The second kappa shape index (κ2) is 5.92. The molecule has 0 fully saturated rings. The van der Waals surface area contributed by atoms with Gasteiger partial charge in [-0.1, -0.05) is 0 Å². The first-order valence-electron chi connectivity index (χ1n) is 3.62. The first kappa shape index (κ1) is 12.4. The molecule has 0 spiro atoms. The predicted molar refractivity (Wildman–Crippen MR) is 41.7 cm³/mol. The summed E-state index contributed by atoms with van der Waals surface area (Å²) >= 11 is 0. The fourth-order valence-electron chi connectivity index (χ4n) is 0.792. The molecule has 0 heterocycles. The molecule has 0 aromatic heterocycles. The van der Waals surface area contributed by atoms with E-state index in [2.05, 4.69) is 9.47 Å². The SMILES string of the molecule is COCC(CC(=O)O)C(=O)OC(=O)O. The maximum atomic E-state index is 10.9. The summed E-state index contributed by atoms with van der Waals surface area (Å²) in [6, 6.07) is 0. The van der Waals surface area contributed by atoms with Gasteiger partial charge < -0.3 is 19.7 Å². The number of esters is 1. The van der Waals surface area contributed by atoms with Crippen molar-refractivity contribution in [2.24, 2.45) is 5.92 Å². The Morgan fingerprint density at radius 3 is 2.21 bits per heavy atom. The molecule has 0 aliphatic heterocycles. The standard InChI is InChI=1S/C7H10O7/c1-13-3-4(2-5(8)9)6(10)14-7(11)12/h4H,2-3H2,1H3,(H,8,9)(H,11,12). The number of hydrogen-bond donors (Lipinski definition) is 2. The van der Waals surface area contributed by atoms with Crippen LogP contribution in [0.4, 0.5) is 4.79 Å². The minimum atomic E-state index is -1.76. The number of aliphatic carboxylic acids is 1. The monoisotopic (exact) mass is 206 g/mol. The van der Waals surface area contributed by atoms with Crippen molar-refractivity contribution in [3.63, 3.8) is 0 Å². The van der Waals surface area contributed by atoms with E-state index < -0.39 is 30.4 Å². The molecule has 7 nitrogen and oxygen atoms in total. The summed E-state index contributed by atoms with van der Waals surface area (Å²) in [5.41, 5.74) is 0. The van der Waals surface area contributed by atoms with Crippen molar-refractivity contribution >= 4 is 18.1 Å². The van der Waals surface area contributed by atoms with Crippen LogP contribution in [-0.4, -0.2) is 42.0 Å². The number of carboxylic acids is 1. The average Bonchev–Trinajstić information content (AvgIpc) is 2.01. The number of carboxylic acid groups (broad SMARTS) is 2. The van der Waals surface area contributed by atoms with Crippen LogP contribution in [0.5, 0.6) is 0 Å². The second-order valence-electron chi connectivity index (χ2n) is 2.44.